The molecule has 2 rings (SSSR count). The topological polar surface area (TPSA) is 107 Å². The molecular formula is In2O9Si3. The zero-order valence-corrected chi connectivity index (χ0v) is 15.9. The maximum absolute atomic E-state index is 11.0. The van der Waals surface area contributed by atoms with Crippen molar-refractivity contribution in [2.75, 3.05) is 0 Å². The number of hydrogen-bond acceptors (Lipinski definition) is 9. The van der Waals surface area contributed by atoms with Crippen LogP contribution in [-0.2, 0) is 28.6 Å². The van der Waals surface area contributed by atoms with Gasteiger partial charge in [0.05, 0.1) is 0 Å². The second-order valence-corrected chi connectivity index (χ2v) is 20.4. The van der Waals surface area contributed by atoms with E-state index in [9.17, 15) is 13.4 Å². The average molecular weight is 458 g/mol. The van der Waals surface area contributed by atoms with Gasteiger partial charge in [-0.25, -0.2) is 0 Å². The standard InChI is InChI=1S/2In.3O3Si/c;;3*1-4(2)3/q2*+3;3*-2. The summed E-state index contributed by atoms with van der Waals surface area (Å²) in [5.41, 5.74) is 0. The third-order valence-electron chi connectivity index (χ3n) is 1.15. The van der Waals surface area contributed by atoms with Gasteiger partial charge in [0.2, 0.25) is 0 Å². The van der Waals surface area contributed by atoms with Crippen molar-refractivity contribution in [3.05, 3.63) is 0 Å². The predicted molar refractivity (Wildman–Crippen MR) is 37.3 cm³/mol. The normalized spacial score (nSPS) is 17.7. The molecule has 0 N–H and O–H groups in total. The van der Waals surface area contributed by atoms with E-state index in [1.54, 1.807) is 0 Å². The van der Waals surface area contributed by atoms with Crippen LogP contribution in [0.4, 0.5) is 0 Å². The fourth-order valence-electron chi connectivity index (χ4n) is 0.613. The van der Waals surface area contributed by atoms with E-state index in [-0.39, 0.29) is 0 Å². The molecule has 2 aliphatic rings. The molecule has 0 aliphatic carbocycles. The summed E-state index contributed by atoms with van der Waals surface area (Å²) in [6, 6.07) is 0. The third kappa shape index (κ3) is 2.80. The molecule has 14 heavy (non-hydrogen) atoms. The molecule has 2 fully saturated rings. The van der Waals surface area contributed by atoms with Crippen LogP contribution in [0.5, 0.6) is 0 Å². The molecule has 0 atom stereocenters. The molecule has 0 aromatic carbocycles. The van der Waals surface area contributed by atoms with Crippen LogP contribution in [0.1, 0.15) is 0 Å². The maximum atomic E-state index is 11.0. The van der Waals surface area contributed by atoms with Gasteiger partial charge in [-0.05, 0) is 0 Å². The van der Waals surface area contributed by atoms with Crippen molar-refractivity contribution in [3.63, 3.8) is 0 Å². The molecular weight excluding hydrogens is 458 g/mol. The minimum absolute atomic E-state index is 2.37. The first-order valence-corrected chi connectivity index (χ1v) is 15.0. The van der Waals surface area contributed by atoms with Crippen LogP contribution in [-0.4, -0.2) is 73.0 Å². The van der Waals surface area contributed by atoms with E-state index >= 15 is 0 Å². The summed E-state index contributed by atoms with van der Waals surface area (Å²) in [5, 5.41) is 0. The SMILES string of the molecule is O=[Si]1[O][In]([O][Si](=O)[O][In]2[O][Si](=O)[O]2)[O]1. The Bertz CT molecular complexity index is 256. The van der Waals surface area contributed by atoms with Gasteiger partial charge in [-0.1, -0.05) is 0 Å². The van der Waals surface area contributed by atoms with Crippen molar-refractivity contribution in [3.8, 4) is 0 Å². The molecule has 0 saturated carbocycles. The van der Waals surface area contributed by atoms with E-state index in [4.69, 9.17) is 5.09 Å². The zero-order chi connectivity index (χ0) is 10.1. The molecule has 0 aromatic heterocycles. The summed E-state index contributed by atoms with van der Waals surface area (Å²) < 4.78 is 59.5. The first-order valence-electron chi connectivity index (χ1n) is 3.25. The third-order valence-corrected chi connectivity index (χ3v) is 23.2. The molecule has 9 nitrogen and oxygen atoms in total. The summed E-state index contributed by atoms with van der Waals surface area (Å²) >= 11 is -6.27. The molecule has 14 heteroatoms. The average Bonchev–Trinajstić information content (AvgIpc) is 1.98. The molecule has 0 aromatic rings. The zero-order valence-electron chi connectivity index (χ0n) is 6.33. The molecule has 2 aliphatic heterocycles. The van der Waals surface area contributed by atoms with Gasteiger partial charge in [0.1, 0.15) is 0 Å². The summed E-state index contributed by atoms with van der Waals surface area (Å²) in [5.74, 6) is 0. The summed E-state index contributed by atoms with van der Waals surface area (Å²) in [6.45, 7) is 0. The molecule has 0 amide bonds. The molecule has 2 saturated heterocycles. The van der Waals surface area contributed by atoms with Gasteiger partial charge >= 0.3 is 102 Å². The van der Waals surface area contributed by atoms with Gasteiger partial charge in [-0.15, -0.1) is 0 Å². The van der Waals surface area contributed by atoms with Gasteiger partial charge in [0.15, 0.2) is 0 Å². The Morgan fingerprint density at radius 2 is 1.29 bits per heavy atom. The van der Waals surface area contributed by atoms with Crippen LogP contribution in [0.3, 0.4) is 0 Å². The summed E-state index contributed by atoms with van der Waals surface area (Å²) in [7, 11) is -7.49. The Kier molecular flexibility index (Phi) is 3.66. The van der Waals surface area contributed by atoms with Crippen LogP contribution in [0.15, 0.2) is 0 Å². The Morgan fingerprint density at radius 1 is 0.929 bits per heavy atom. The van der Waals surface area contributed by atoms with Crippen molar-refractivity contribution in [2.45, 2.75) is 0 Å². The minimum atomic E-state index is -3.14. The summed E-state index contributed by atoms with van der Waals surface area (Å²) in [6.07, 6.45) is 0. The Labute approximate surface area is 101 Å². The summed E-state index contributed by atoms with van der Waals surface area (Å²) in [4.78, 5) is 0. The van der Waals surface area contributed by atoms with Gasteiger partial charge in [-0.3, -0.25) is 0 Å². The molecule has 72 valence electrons. The second kappa shape index (κ2) is 4.62. The van der Waals surface area contributed by atoms with E-state index in [0.717, 1.165) is 0 Å². The van der Waals surface area contributed by atoms with E-state index in [0.29, 0.717) is 0 Å². The Balaban J connectivity index is 1.64. The molecule has 0 unspecified atom stereocenters. The van der Waals surface area contributed by atoms with Crippen LogP contribution in [0, 0.1) is 0 Å². The van der Waals surface area contributed by atoms with Crippen molar-refractivity contribution >= 4 is 73.0 Å². The van der Waals surface area contributed by atoms with E-state index in [1.165, 1.54) is 0 Å². The fraction of sp³-hybridized carbons (Fsp3) is 0. The molecule has 0 radical (unpaired) electrons. The van der Waals surface area contributed by atoms with Crippen LogP contribution >= 0.6 is 0 Å². The molecule has 2 heterocycles. The quantitative estimate of drug-likeness (QED) is 0.418. The Morgan fingerprint density at radius 3 is 1.57 bits per heavy atom. The van der Waals surface area contributed by atoms with Crippen molar-refractivity contribution in [1.82, 2.24) is 0 Å². The van der Waals surface area contributed by atoms with Gasteiger partial charge < -0.3 is 0 Å². The van der Waals surface area contributed by atoms with Gasteiger partial charge in [0.25, 0.3) is 0 Å². The predicted octanol–water partition coefficient (Wildman–Crippen LogP) is -2.67. The van der Waals surface area contributed by atoms with Crippen LogP contribution < -0.4 is 0 Å². The number of rotatable bonds is 4. The first-order chi connectivity index (χ1) is 6.63. The second-order valence-electron chi connectivity index (χ2n) is 2.03. The fourth-order valence-corrected chi connectivity index (χ4v) is 19.4. The van der Waals surface area contributed by atoms with Crippen molar-refractivity contribution in [1.29, 1.82) is 0 Å². The van der Waals surface area contributed by atoms with Gasteiger partial charge in [-0.2, -0.15) is 0 Å². The monoisotopic (exact) mass is 458 g/mol. The van der Waals surface area contributed by atoms with E-state index < -0.39 is 73.0 Å². The van der Waals surface area contributed by atoms with E-state index in [1.807, 2.05) is 0 Å². The van der Waals surface area contributed by atoms with Gasteiger partial charge in [0, 0.05) is 0 Å². The van der Waals surface area contributed by atoms with Crippen molar-refractivity contribution in [2.24, 2.45) is 0 Å². The van der Waals surface area contributed by atoms with E-state index in [2.05, 4.69) is 10.2 Å². The van der Waals surface area contributed by atoms with Crippen LogP contribution in [0.2, 0.25) is 0 Å². The Hall–Kier alpha value is 0.591. The molecule has 0 spiro atoms. The number of hydrogen-bond donors (Lipinski definition) is 0. The molecule has 0 bridgehead atoms. The van der Waals surface area contributed by atoms with Crippen LogP contribution in [0.25, 0.3) is 0 Å². The first kappa shape index (κ1) is 11.1. The van der Waals surface area contributed by atoms with Crippen molar-refractivity contribution < 1.29 is 28.6 Å².